The molecule has 0 aliphatic carbocycles. The second-order valence-electron chi connectivity index (χ2n) is 4.41. The van der Waals surface area contributed by atoms with E-state index in [9.17, 15) is 0 Å². The van der Waals surface area contributed by atoms with Crippen LogP contribution in [0.4, 0.5) is 0 Å². The van der Waals surface area contributed by atoms with E-state index >= 15 is 0 Å². The Kier molecular flexibility index (Phi) is 5.29. The van der Waals surface area contributed by atoms with Gasteiger partial charge in [0.15, 0.2) is 0 Å². The molecule has 0 amide bonds. The van der Waals surface area contributed by atoms with Crippen molar-refractivity contribution in [3.63, 3.8) is 0 Å². The van der Waals surface area contributed by atoms with E-state index in [-0.39, 0.29) is 12.1 Å². The standard InChI is InChI=1S/C14H23NO2/c1-5-6-10(2)17-14-9-12(16-4)7-8-13(14)11(3)15/h7-11H,5-6,15H2,1-4H3/t10?,11-/m1/s1. The molecule has 0 radical (unpaired) electrons. The summed E-state index contributed by atoms with van der Waals surface area (Å²) in [6.07, 6.45) is 2.35. The van der Waals surface area contributed by atoms with Crippen molar-refractivity contribution in [2.24, 2.45) is 5.73 Å². The summed E-state index contributed by atoms with van der Waals surface area (Å²) in [4.78, 5) is 0. The number of rotatable bonds is 6. The first-order chi connectivity index (χ1) is 8.08. The third-order valence-corrected chi connectivity index (χ3v) is 2.73. The summed E-state index contributed by atoms with van der Waals surface area (Å²) in [6.45, 7) is 6.19. The molecule has 0 saturated heterocycles. The minimum absolute atomic E-state index is 0.0373. The van der Waals surface area contributed by atoms with Gasteiger partial charge in [0.2, 0.25) is 0 Å². The third-order valence-electron chi connectivity index (χ3n) is 2.73. The van der Waals surface area contributed by atoms with E-state index in [1.165, 1.54) is 0 Å². The van der Waals surface area contributed by atoms with E-state index in [0.717, 1.165) is 29.9 Å². The lowest BCUT2D eigenvalue weighted by Crippen LogP contribution is -2.15. The van der Waals surface area contributed by atoms with Gasteiger partial charge in [-0.3, -0.25) is 0 Å². The highest BCUT2D eigenvalue weighted by Gasteiger charge is 2.12. The Labute approximate surface area is 104 Å². The van der Waals surface area contributed by atoms with Crippen LogP contribution in [-0.4, -0.2) is 13.2 Å². The average Bonchev–Trinajstić information content (AvgIpc) is 2.28. The van der Waals surface area contributed by atoms with E-state index in [4.69, 9.17) is 15.2 Å². The van der Waals surface area contributed by atoms with Crippen LogP contribution in [0, 0.1) is 0 Å². The number of nitrogens with two attached hydrogens (primary N) is 1. The monoisotopic (exact) mass is 237 g/mol. The fourth-order valence-electron chi connectivity index (χ4n) is 1.80. The predicted molar refractivity (Wildman–Crippen MR) is 70.6 cm³/mol. The second-order valence-corrected chi connectivity index (χ2v) is 4.41. The fourth-order valence-corrected chi connectivity index (χ4v) is 1.80. The van der Waals surface area contributed by atoms with Crippen molar-refractivity contribution in [1.82, 2.24) is 0 Å². The molecule has 0 aliphatic heterocycles. The van der Waals surface area contributed by atoms with Gasteiger partial charge in [0.05, 0.1) is 13.2 Å². The Bertz CT molecular complexity index is 350. The molecule has 96 valence electrons. The summed E-state index contributed by atoms with van der Waals surface area (Å²) in [6, 6.07) is 5.75. The number of hydrogen-bond donors (Lipinski definition) is 1. The molecule has 1 rings (SSSR count). The Morgan fingerprint density at radius 2 is 2.00 bits per heavy atom. The van der Waals surface area contributed by atoms with Gasteiger partial charge >= 0.3 is 0 Å². The maximum absolute atomic E-state index is 5.93. The zero-order valence-corrected chi connectivity index (χ0v) is 11.2. The van der Waals surface area contributed by atoms with Crippen LogP contribution in [0.15, 0.2) is 18.2 Å². The summed E-state index contributed by atoms with van der Waals surface area (Å²) in [5.41, 5.74) is 6.96. The lowest BCUT2D eigenvalue weighted by atomic mass is 10.1. The fraction of sp³-hybridized carbons (Fsp3) is 0.571. The van der Waals surface area contributed by atoms with Crippen LogP contribution in [0.2, 0.25) is 0 Å². The molecule has 17 heavy (non-hydrogen) atoms. The molecule has 1 unspecified atom stereocenters. The maximum Gasteiger partial charge on any atom is 0.128 e. The molecular weight excluding hydrogens is 214 g/mol. The summed E-state index contributed by atoms with van der Waals surface area (Å²) < 4.78 is 11.1. The quantitative estimate of drug-likeness (QED) is 0.825. The molecule has 2 N–H and O–H groups in total. The normalized spacial score (nSPS) is 14.2. The van der Waals surface area contributed by atoms with Gasteiger partial charge in [0.1, 0.15) is 11.5 Å². The van der Waals surface area contributed by atoms with Crippen molar-refractivity contribution in [3.05, 3.63) is 23.8 Å². The van der Waals surface area contributed by atoms with Gasteiger partial charge in [0.25, 0.3) is 0 Å². The Hall–Kier alpha value is -1.22. The van der Waals surface area contributed by atoms with Crippen LogP contribution in [0.3, 0.4) is 0 Å². The predicted octanol–water partition coefficient (Wildman–Crippen LogP) is 3.28. The molecule has 0 aliphatic rings. The second kappa shape index (κ2) is 6.50. The van der Waals surface area contributed by atoms with Crippen molar-refractivity contribution in [3.8, 4) is 11.5 Å². The van der Waals surface area contributed by atoms with E-state index in [1.54, 1.807) is 7.11 Å². The van der Waals surface area contributed by atoms with Gasteiger partial charge in [-0.25, -0.2) is 0 Å². The van der Waals surface area contributed by atoms with Gasteiger partial charge < -0.3 is 15.2 Å². The van der Waals surface area contributed by atoms with Gasteiger partial charge in [-0.15, -0.1) is 0 Å². The molecule has 0 saturated carbocycles. The highest BCUT2D eigenvalue weighted by molar-refractivity contribution is 5.42. The Morgan fingerprint density at radius 1 is 1.29 bits per heavy atom. The van der Waals surface area contributed by atoms with Crippen LogP contribution in [0.1, 0.15) is 45.2 Å². The van der Waals surface area contributed by atoms with Crippen molar-refractivity contribution >= 4 is 0 Å². The van der Waals surface area contributed by atoms with Gasteiger partial charge in [-0.2, -0.15) is 0 Å². The average molecular weight is 237 g/mol. The molecule has 3 nitrogen and oxygen atoms in total. The number of hydrogen-bond acceptors (Lipinski definition) is 3. The molecule has 3 heteroatoms. The highest BCUT2D eigenvalue weighted by atomic mass is 16.5. The zero-order chi connectivity index (χ0) is 12.8. The Balaban J connectivity index is 2.92. The molecule has 1 aromatic rings. The lowest BCUT2D eigenvalue weighted by molar-refractivity contribution is 0.206. The maximum atomic E-state index is 5.93. The summed E-state index contributed by atoms with van der Waals surface area (Å²) in [5, 5.41) is 0. The van der Waals surface area contributed by atoms with Crippen molar-refractivity contribution in [2.45, 2.75) is 45.8 Å². The number of ether oxygens (including phenoxy) is 2. The molecule has 1 aromatic carbocycles. The lowest BCUT2D eigenvalue weighted by Gasteiger charge is -2.19. The smallest absolute Gasteiger partial charge is 0.128 e. The van der Waals surface area contributed by atoms with Crippen LogP contribution in [0.25, 0.3) is 0 Å². The highest BCUT2D eigenvalue weighted by Crippen LogP contribution is 2.29. The number of methoxy groups -OCH3 is 1. The van der Waals surface area contributed by atoms with Crippen molar-refractivity contribution in [2.75, 3.05) is 7.11 Å². The van der Waals surface area contributed by atoms with Crippen LogP contribution >= 0.6 is 0 Å². The van der Waals surface area contributed by atoms with E-state index in [1.807, 2.05) is 25.1 Å². The third kappa shape index (κ3) is 3.93. The summed E-state index contributed by atoms with van der Waals surface area (Å²) >= 11 is 0. The van der Waals surface area contributed by atoms with Crippen molar-refractivity contribution in [1.29, 1.82) is 0 Å². The van der Waals surface area contributed by atoms with Gasteiger partial charge in [0, 0.05) is 17.7 Å². The first-order valence-electron chi connectivity index (χ1n) is 6.18. The number of benzene rings is 1. The molecule has 0 spiro atoms. The van der Waals surface area contributed by atoms with Crippen LogP contribution in [0.5, 0.6) is 11.5 Å². The van der Waals surface area contributed by atoms with E-state index in [2.05, 4.69) is 13.8 Å². The van der Waals surface area contributed by atoms with Crippen molar-refractivity contribution < 1.29 is 9.47 Å². The SMILES string of the molecule is CCCC(C)Oc1cc(OC)ccc1[C@@H](C)N. The summed E-state index contributed by atoms with van der Waals surface area (Å²) in [7, 11) is 1.65. The zero-order valence-electron chi connectivity index (χ0n) is 11.2. The molecule has 2 atom stereocenters. The molecule has 0 aromatic heterocycles. The minimum Gasteiger partial charge on any atom is -0.497 e. The largest absolute Gasteiger partial charge is 0.497 e. The Morgan fingerprint density at radius 3 is 2.53 bits per heavy atom. The molecule has 0 bridgehead atoms. The minimum atomic E-state index is -0.0373. The van der Waals surface area contributed by atoms with E-state index in [0.29, 0.717) is 0 Å². The van der Waals surface area contributed by atoms with Crippen LogP contribution < -0.4 is 15.2 Å². The van der Waals surface area contributed by atoms with Gasteiger partial charge in [-0.05, 0) is 26.3 Å². The first-order valence-corrected chi connectivity index (χ1v) is 6.18. The van der Waals surface area contributed by atoms with Crippen LogP contribution in [-0.2, 0) is 0 Å². The molecular formula is C14H23NO2. The first kappa shape index (κ1) is 13.8. The molecule has 0 heterocycles. The summed E-state index contributed by atoms with van der Waals surface area (Å²) in [5.74, 6) is 1.63. The molecule has 0 fully saturated rings. The topological polar surface area (TPSA) is 44.5 Å². The van der Waals surface area contributed by atoms with Gasteiger partial charge in [-0.1, -0.05) is 19.4 Å². The van der Waals surface area contributed by atoms with E-state index < -0.39 is 0 Å².